The number of nitrogens with two attached hydrogens (primary N) is 1. The van der Waals surface area contributed by atoms with Crippen molar-refractivity contribution in [2.75, 3.05) is 5.73 Å². The minimum Gasteiger partial charge on any atom is -0.478 e. The maximum absolute atomic E-state index is 11.1. The molecule has 1 aromatic carbocycles. The fraction of sp³-hybridized carbons (Fsp3) is 0.0909. The molecule has 0 bridgehead atoms. The highest BCUT2D eigenvalue weighted by Crippen LogP contribution is 2.27. The van der Waals surface area contributed by atoms with Crippen molar-refractivity contribution in [2.45, 2.75) is 0 Å². The molecule has 0 aliphatic carbocycles. The standard InChI is InChI=1S/C11H11N3O2/c1-14-6-5-13-10(14)9-7(11(15)16)3-2-4-8(9)12/h2-6H,12H2,1H3,(H,15,16). The number of carbonyl (C=O) groups is 1. The molecule has 2 aromatic rings. The van der Waals surface area contributed by atoms with E-state index in [0.29, 0.717) is 17.1 Å². The first-order chi connectivity index (χ1) is 7.61. The van der Waals surface area contributed by atoms with Crippen molar-refractivity contribution in [2.24, 2.45) is 7.05 Å². The first-order valence-corrected chi connectivity index (χ1v) is 4.70. The van der Waals surface area contributed by atoms with Crippen LogP contribution >= 0.6 is 0 Å². The Hall–Kier alpha value is -2.30. The van der Waals surface area contributed by atoms with Crippen LogP contribution in [0.5, 0.6) is 0 Å². The summed E-state index contributed by atoms with van der Waals surface area (Å²) in [7, 11) is 1.79. The summed E-state index contributed by atoms with van der Waals surface area (Å²) in [5.41, 5.74) is 6.84. The molecule has 0 aliphatic rings. The molecule has 1 aromatic heterocycles. The van der Waals surface area contributed by atoms with Gasteiger partial charge in [-0.1, -0.05) is 6.07 Å². The zero-order valence-corrected chi connectivity index (χ0v) is 8.71. The molecule has 0 spiro atoms. The van der Waals surface area contributed by atoms with Gasteiger partial charge < -0.3 is 15.4 Å². The highest BCUT2D eigenvalue weighted by atomic mass is 16.4. The monoisotopic (exact) mass is 217 g/mol. The summed E-state index contributed by atoms with van der Waals surface area (Å²) in [6, 6.07) is 4.80. The van der Waals surface area contributed by atoms with E-state index in [0.717, 1.165) is 0 Å². The number of nitrogen functional groups attached to an aromatic ring is 1. The second-order valence-electron chi connectivity index (χ2n) is 3.44. The number of hydrogen-bond donors (Lipinski definition) is 2. The van der Waals surface area contributed by atoms with Crippen LogP contribution in [0, 0.1) is 0 Å². The number of carboxylic acids is 1. The summed E-state index contributed by atoms with van der Waals surface area (Å²) in [5.74, 6) is -0.458. The zero-order chi connectivity index (χ0) is 11.7. The molecule has 3 N–H and O–H groups in total. The van der Waals surface area contributed by atoms with Crippen LogP contribution in [-0.2, 0) is 7.05 Å². The minimum atomic E-state index is -1.01. The second kappa shape index (κ2) is 3.69. The highest BCUT2D eigenvalue weighted by molar-refractivity contribution is 5.98. The van der Waals surface area contributed by atoms with Gasteiger partial charge in [-0.05, 0) is 12.1 Å². The Labute approximate surface area is 92.2 Å². The van der Waals surface area contributed by atoms with Crippen molar-refractivity contribution in [3.05, 3.63) is 36.2 Å². The number of carboxylic acid groups (broad SMARTS) is 1. The summed E-state index contributed by atoms with van der Waals surface area (Å²) >= 11 is 0. The summed E-state index contributed by atoms with van der Waals surface area (Å²) in [6.07, 6.45) is 3.35. The molecular weight excluding hydrogens is 206 g/mol. The number of aryl methyl sites for hydroxylation is 1. The normalized spacial score (nSPS) is 10.3. The maximum Gasteiger partial charge on any atom is 0.336 e. The van der Waals surface area contributed by atoms with E-state index in [1.54, 1.807) is 36.1 Å². The van der Waals surface area contributed by atoms with Crippen LogP contribution in [0.1, 0.15) is 10.4 Å². The smallest absolute Gasteiger partial charge is 0.336 e. The summed E-state index contributed by atoms with van der Waals surface area (Å²) in [4.78, 5) is 15.2. The van der Waals surface area contributed by atoms with Crippen LogP contribution in [0.25, 0.3) is 11.4 Å². The topological polar surface area (TPSA) is 81.1 Å². The van der Waals surface area contributed by atoms with Crippen molar-refractivity contribution >= 4 is 11.7 Å². The lowest BCUT2D eigenvalue weighted by Gasteiger charge is -2.08. The first-order valence-electron chi connectivity index (χ1n) is 4.70. The predicted octanol–water partition coefficient (Wildman–Crippen LogP) is 1.37. The number of imidazole rings is 1. The largest absolute Gasteiger partial charge is 0.478 e. The van der Waals surface area contributed by atoms with Gasteiger partial charge in [-0.2, -0.15) is 0 Å². The fourth-order valence-electron chi connectivity index (χ4n) is 1.60. The van der Waals surface area contributed by atoms with Gasteiger partial charge in [0, 0.05) is 25.1 Å². The average molecular weight is 217 g/mol. The van der Waals surface area contributed by atoms with E-state index in [2.05, 4.69) is 4.98 Å². The summed E-state index contributed by atoms with van der Waals surface area (Å²) in [6.45, 7) is 0. The molecule has 0 fully saturated rings. The number of aromatic nitrogens is 2. The Balaban J connectivity index is 2.73. The van der Waals surface area contributed by atoms with Crippen LogP contribution in [0.3, 0.4) is 0 Å². The molecule has 0 atom stereocenters. The third kappa shape index (κ3) is 1.52. The molecule has 0 aliphatic heterocycles. The van der Waals surface area contributed by atoms with Crippen LogP contribution in [0.2, 0.25) is 0 Å². The molecule has 5 nitrogen and oxygen atoms in total. The SMILES string of the molecule is Cn1ccnc1-c1c(N)cccc1C(=O)O. The number of hydrogen-bond acceptors (Lipinski definition) is 3. The zero-order valence-electron chi connectivity index (χ0n) is 8.71. The summed E-state index contributed by atoms with van der Waals surface area (Å²) in [5, 5.41) is 9.09. The van der Waals surface area contributed by atoms with Gasteiger partial charge in [0.05, 0.1) is 11.1 Å². The highest BCUT2D eigenvalue weighted by Gasteiger charge is 2.17. The van der Waals surface area contributed by atoms with E-state index >= 15 is 0 Å². The Morgan fingerprint density at radius 2 is 2.25 bits per heavy atom. The van der Waals surface area contributed by atoms with Gasteiger partial charge in [-0.3, -0.25) is 0 Å². The quantitative estimate of drug-likeness (QED) is 0.744. The van der Waals surface area contributed by atoms with Gasteiger partial charge in [0.1, 0.15) is 5.82 Å². The van der Waals surface area contributed by atoms with Gasteiger partial charge in [-0.25, -0.2) is 9.78 Å². The van der Waals surface area contributed by atoms with Crippen LogP contribution in [0.4, 0.5) is 5.69 Å². The number of benzene rings is 1. The van der Waals surface area contributed by atoms with Gasteiger partial charge >= 0.3 is 5.97 Å². The Morgan fingerprint density at radius 1 is 1.50 bits per heavy atom. The van der Waals surface area contributed by atoms with E-state index in [-0.39, 0.29) is 5.56 Å². The molecule has 1 heterocycles. The molecule has 2 rings (SSSR count). The Kier molecular flexibility index (Phi) is 2.36. The molecule has 0 saturated carbocycles. The van der Waals surface area contributed by atoms with E-state index in [4.69, 9.17) is 10.8 Å². The van der Waals surface area contributed by atoms with E-state index < -0.39 is 5.97 Å². The van der Waals surface area contributed by atoms with Crippen molar-refractivity contribution < 1.29 is 9.90 Å². The van der Waals surface area contributed by atoms with Crippen molar-refractivity contribution in [1.82, 2.24) is 9.55 Å². The molecule has 82 valence electrons. The van der Waals surface area contributed by atoms with Gasteiger partial charge in [0.15, 0.2) is 0 Å². The fourth-order valence-corrected chi connectivity index (χ4v) is 1.60. The lowest BCUT2D eigenvalue weighted by Crippen LogP contribution is -2.05. The number of rotatable bonds is 2. The number of anilines is 1. The summed E-state index contributed by atoms with van der Waals surface area (Å²) < 4.78 is 1.73. The Morgan fingerprint density at radius 3 is 2.81 bits per heavy atom. The van der Waals surface area contributed by atoms with E-state index in [1.807, 2.05) is 0 Å². The number of nitrogens with zero attached hydrogens (tertiary/aromatic N) is 2. The molecule has 0 radical (unpaired) electrons. The third-order valence-corrected chi connectivity index (χ3v) is 2.37. The molecule has 16 heavy (non-hydrogen) atoms. The predicted molar refractivity (Wildman–Crippen MR) is 60.0 cm³/mol. The van der Waals surface area contributed by atoms with Gasteiger partial charge in [-0.15, -0.1) is 0 Å². The maximum atomic E-state index is 11.1. The third-order valence-electron chi connectivity index (χ3n) is 2.37. The minimum absolute atomic E-state index is 0.161. The van der Waals surface area contributed by atoms with Gasteiger partial charge in [0.2, 0.25) is 0 Å². The van der Waals surface area contributed by atoms with Crippen LogP contribution in [-0.4, -0.2) is 20.6 Å². The van der Waals surface area contributed by atoms with Crippen LogP contribution in [0.15, 0.2) is 30.6 Å². The van der Waals surface area contributed by atoms with Crippen LogP contribution < -0.4 is 5.73 Å². The van der Waals surface area contributed by atoms with Crippen molar-refractivity contribution in [1.29, 1.82) is 0 Å². The molecule has 0 saturated heterocycles. The van der Waals surface area contributed by atoms with E-state index in [9.17, 15) is 4.79 Å². The molecule has 5 heteroatoms. The Bertz CT molecular complexity index is 546. The molecular formula is C11H11N3O2. The molecule has 0 unspecified atom stereocenters. The van der Waals surface area contributed by atoms with Gasteiger partial charge in [0.25, 0.3) is 0 Å². The van der Waals surface area contributed by atoms with E-state index in [1.165, 1.54) is 6.07 Å². The number of aromatic carboxylic acids is 1. The lowest BCUT2D eigenvalue weighted by atomic mass is 10.0. The lowest BCUT2D eigenvalue weighted by molar-refractivity contribution is 0.0697. The molecule has 0 amide bonds. The average Bonchev–Trinajstić information content (AvgIpc) is 2.64. The van der Waals surface area contributed by atoms with Crippen molar-refractivity contribution in [3.63, 3.8) is 0 Å². The first kappa shape index (κ1) is 10.2. The van der Waals surface area contributed by atoms with Crippen molar-refractivity contribution in [3.8, 4) is 11.4 Å². The second-order valence-corrected chi connectivity index (χ2v) is 3.44.